The number of hydrogen-bond donors (Lipinski definition) is 1. The van der Waals surface area contributed by atoms with Gasteiger partial charge in [0, 0.05) is 29.6 Å². The van der Waals surface area contributed by atoms with E-state index in [0.29, 0.717) is 23.8 Å². The van der Waals surface area contributed by atoms with Gasteiger partial charge in [-0.2, -0.15) is 4.31 Å². The van der Waals surface area contributed by atoms with E-state index in [1.165, 1.54) is 39.9 Å². The Morgan fingerprint density at radius 2 is 1.62 bits per heavy atom. The standard InChI is InChI=1S/C26H27N3O3S2/c1-3-16-29(17-4-2)34(31,32)21-14-12-20(13-15-21)25(30)28-26-27-24(18-33-26)23-11-7-9-19-8-5-6-10-22(19)23/h5-15,18H,3-4,16-17H2,1-2H3,(H,27,28,30). The first-order chi connectivity index (χ1) is 16.4. The molecule has 0 radical (unpaired) electrons. The van der Waals surface area contributed by atoms with Gasteiger partial charge in [0.05, 0.1) is 10.6 Å². The van der Waals surface area contributed by atoms with Crippen molar-refractivity contribution in [3.05, 3.63) is 77.7 Å². The molecular weight excluding hydrogens is 466 g/mol. The lowest BCUT2D eigenvalue weighted by molar-refractivity contribution is 0.102. The summed E-state index contributed by atoms with van der Waals surface area (Å²) >= 11 is 1.35. The second kappa shape index (κ2) is 10.5. The average Bonchev–Trinajstić information content (AvgIpc) is 3.31. The van der Waals surface area contributed by atoms with Crippen LogP contribution in [0.2, 0.25) is 0 Å². The molecule has 0 aliphatic heterocycles. The summed E-state index contributed by atoms with van der Waals surface area (Å²) < 4.78 is 27.4. The predicted octanol–water partition coefficient (Wildman–Crippen LogP) is 6.03. The molecule has 0 fully saturated rings. The molecule has 1 aromatic heterocycles. The van der Waals surface area contributed by atoms with Crippen molar-refractivity contribution in [1.29, 1.82) is 0 Å². The van der Waals surface area contributed by atoms with E-state index in [9.17, 15) is 13.2 Å². The molecule has 0 atom stereocenters. The Morgan fingerprint density at radius 1 is 0.941 bits per heavy atom. The summed E-state index contributed by atoms with van der Waals surface area (Å²) in [4.78, 5) is 17.6. The molecule has 6 nitrogen and oxygen atoms in total. The Labute approximate surface area is 204 Å². The van der Waals surface area contributed by atoms with Gasteiger partial charge in [-0.15, -0.1) is 11.3 Å². The molecule has 0 spiro atoms. The highest BCUT2D eigenvalue weighted by Crippen LogP contribution is 2.31. The molecule has 34 heavy (non-hydrogen) atoms. The Bertz CT molecular complexity index is 1390. The number of hydrogen-bond acceptors (Lipinski definition) is 5. The lowest BCUT2D eigenvalue weighted by Gasteiger charge is -2.21. The first-order valence-electron chi connectivity index (χ1n) is 11.3. The zero-order valence-corrected chi connectivity index (χ0v) is 20.8. The van der Waals surface area contributed by atoms with Crippen molar-refractivity contribution in [1.82, 2.24) is 9.29 Å². The molecule has 176 valence electrons. The van der Waals surface area contributed by atoms with Crippen LogP contribution in [0.25, 0.3) is 22.0 Å². The fourth-order valence-corrected chi connectivity index (χ4v) is 6.18. The minimum Gasteiger partial charge on any atom is -0.298 e. The molecule has 0 bridgehead atoms. The Hall–Kier alpha value is -3.07. The summed E-state index contributed by atoms with van der Waals surface area (Å²) in [5, 5.41) is 7.47. The fourth-order valence-electron chi connectivity index (χ4n) is 3.85. The number of amides is 1. The predicted molar refractivity (Wildman–Crippen MR) is 139 cm³/mol. The van der Waals surface area contributed by atoms with Crippen LogP contribution in [0.15, 0.2) is 77.0 Å². The summed E-state index contributed by atoms with van der Waals surface area (Å²) in [5.41, 5.74) is 2.18. The van der Waals surface area contributed by atoms with E-state index in [-0.39, 0.29) is 10.8 Å². The summed E-state index contributed by atoms with van der Waals surface area (Å²) in [7, 11) is -3.58. The number of nitrogens with zero attached hydrogens (tertiary/aromatic N) is 2. The molecule has 4 aromatic rings. The molecule has 4 rings (SSSR count). The Balaban J connectivity index is 1.50. The van der Waals surface area contributed by atoms with Crippen LogP contribution in [0.3, 0.4) is 0 Å². The maximum Gasteiger partial charge on any atom is 0.257 e. The van der Waals surface area contributed by atoms with Crippen LogP contribution in [-0.2, 0) is 10.0 Å². The highest BCUT2D eigenvalue weighted by molar-refractivity contribution is 7.89. The molecule has 3 aromatic carbocycles. The third-order valence-corrected chi connectivity index (χ3v) is 8.16. The number of benzene rings is 3. The zero-order chi connectivity index (χ0) is 24.1. The smallest absolute Gasteiger partial charge is 0.257 e. The SMILES string of the molecule is CCCN(CCC)S(=O)(=O)c1ccc(C(=O)Nc2nc(-c3cccc4ccccc34)cs2)cc1. The van der Waals surface area contributed by atoms with Crippen molar-refractivity contribution in [2.45, 2.75) is 31.6 Å². The first-order valence-corrected chi connectivity index (χ1v) is 13.6. The van der Waals surface area contributed by atoms with Gasteiger partial charge in [-0.25, -0.2) is 13.4 Å². The van der Waals surface area contributed by atoms with E-state index in [4.69, 9.17) is 0 Å². The second-order valence-corrected chi connectivity index (χ2v) is 10.7. The summed E-state index contributed by atoms with van der Waals surface area (Å²) in [6, 6.07) is 20.2. The van der Waals surface area contributed by atoms with Gasteiger partial charge in [-0.3, -0.25) is 10.1 Å². The number of fused-ring (bicyclic) bond motifs is 1. The lowest BCUT2D eigenvalue weighted by Crippen LogP contribution is -2.32. The van der Waals surface area contributed by atoms with Crippen molar-refractivity contribution in [2.75, 3.05) is 18.4 Å². The number of nitrogens with one attached hydrogen (secondary N) is 1. The minimum atomic E-state index is -3.58. The molecule has 8 heteroatoms. The second-order valence-electron chi connectivity index (χ2n) is 7.95. The highest BCUT2D eigenvalue weighted by atomic mass is 32.2. The van der Waals surface area contributed by atoms with Gasteiger partial charge in [0.2, 0.25) is 10.0 Å². The van der Waals surface area contributed by atoms with E-state index < -0.39 is 10.0 Å². The van der Waals surface area contributed by atoms with Gasteiger partial charge in [-0.05, 0) is 47.9 Å². The molecule has 0 aliphatic carbocycles. The Morgan fingerprint density at radius 3 is 2.32 bits per heavy atom. The van der Waals surface area contributed by atoms with E-state index in [1.54, 1.807) is 0 Å². The molecule has 1 amide bonds. The van der Waals surface area contributed by atoms with Gasteiger partial charge in [-0.1, -0.05) is 56.3 Å². The molecular formula is C26H27N3O3S2. The van der Waals surface area contributed by atoms with E-state index in [0.717, 1.165) is 34.9 Å². The van der Waals surface area contributed by atoms with Crippen molar-refractivity contribution < 1.29 is 13.2 Å². The molecule has 0 unspecified atom stereocenters. The molecule has 0 saturated heterocycles. The van der Waals surface area contributed by atoms with E-state index >= 15 is 0 Å². The van der Waals surface area contributed by atoms with Crippen LogP contribution in [0, 0.1) is 0 Å². The summed E-state index contributed by atoms with van der Waals surface area (Å²) in [5.74, 6) is -0.332. The third-order valence-electron chi connectivity index (χ3n) is 5.49. The first kappa shape index (κ1) is 24.1. The van der Waals surface area contributed by atoms with Gasteiger partial charge in [0.25, 0.3) is 5.91 Å². The molecule has 0 aliphatic rings. The van der Waals surface area contributed by atoms with Crippen molar-refractivity contribution >= 4 is 43.2 Å². The molecule has 0 saturated carbocycles. The topological polar surface area (TPSA) is 79.4 Å². The quantitative estimate of drug-likeness (QED) is 0.309. The monoisotopic (exact) mass is 493 g/mol. The van der Waals surface area contributed by atoms with Crippen LogP contribution in [-0.4, -0.2) is 36.7 Å². The van der Waals surface area contributed by atoms with Gasteiger partial charge in [0.1, 0.15) is 0 Å². The van der Waals surface area contributed by atoms with Crippen molar-refractivity contribution in [2.24, 2.45) is 0 Å². The number of thiazole rings is 1. The van der Waals surface area contributed by atoms with Crippen LogP contribution >= 0.6 is 11.3 Å². The Kier molecular flexibility index (Phi) is 7.41. The van der Waals surface area contributed by atoms with Crippen molar-refractivity contribution in [3.63, 3.8) is 0 Å². The number of carbonyl (C=O) groups is 1. The molecule has 1 N–H and O–H groups in total. The van der Waals surface area contributed by atoms with Crippen LogP contribution < -0.4 is 5.32 Å². The summed E-state index contributed by atoms with van der Waals surface area (Å²) in [6.07, 6.45) is 1.49. The number of aromatic nitrogens is 1. The van der Waals surface area contributed by atoms with Gasteiger partial charge >= 0.3 is 0 Å². The zero-order valence-electron chi connectivity index (χ0n) is 19.2. The van der Waals surface area contributed by atoms with Gasteiger partial charge < -0.3 is 0 Å². The number of rotatable bonds is 9. The third kappa shape index (κ3) is 5.04. The van der Waals surface area contributed by atoms with Gasteiger partial charge in [0.15, 0.2) is 5.13 Å². The minimum absolute atomic E-state index is 0.193. The largest absolute Gasteiger partial charge is 0.298 e. The van der Waals surface area contributed by atoms with Crippen LogP contribution in [0.4, 0.5) is 5.13 Å². The van der Waals surface area contributed by atoms with E-state index in [2.05, 4.69) is 28.5 Å². The number of carbonyl (C=O) groups excluding carboxylic acids is 1. The maximum atomic E-state index is 12.9. The number of anilines is 1. The average molecular weight is 494 g/mol. The van der Waals surface area contributed by atoms with Crippen LogP contribution in [0.1, 0.15) is 37.0 Å². The lowest BCUT2D eigenvalue weighted by atomic mass is 10.0. The highest BCUT2D eigenvalue weighted by Gasteiger charge is 2.23. The maximum absolute atomic E-state index is 12.9. The van der Waals surface area contributed by atoms with Crippen molar-refractivity contribution in [3.8, 4) is 11.3 Å². The molecule has 1 heterocycles. The number of sulfonamides is 1. The van der Waals surface area contributed by atoms with Crippen LogP contribution in [0.5, 0.6) is 0 Å². The fraction of sp³-hybridized carbons (Fsp3) is 0.231. The normalized spacial score (nSPS) is 11.7. The summed E-state index contributed by atoms with van der Waals surface area (Å²) in [6.45, 7) is 4.86. The van der Waals surface area contributed by atoms with E-state index in [1.807, 2.05) is 43.5 Å².